The zero-order valence-electron chi connectivity index (χ0n) is 14.3. The van der Waals surface area contributed by atoms with Crippen LogP contribution in [-0.4, -0.2) is 34.6 Å². The van der Waals surface area contributed by atoms with Crippen LogP contribution >= 0.6 is 0 Å². The molecule has 2 fully saturated rings. The molecule has 1 unspecified atom stereocenters. The second-order valence-corrected chi connectivity index (χ2v) is 6.62. The summed E-state index contributed by atoms with van der Waals surface area (Å²) in [5.41, 5.74) is 0.625. The molecule has 7 heteroatoms. The molecule has 4 rings (SSSR count). The van der Waals surface area contributed by atoms with Crippen LogP contribution in [0.2, 0.25) is 0 Å². The molecule has 1 aliphatic carbocycles. The zero-order valence-corrected chi connectivity index (χ0v) is 14.3. The Hall–Kier alpha value is -2.41. The van der Waals surface area contributed by atoms with Gasteiger partial charge in [0.05, 0.1) is 24.1 Å². The van der Waals surface area contributed by atoms with Gasteiger partial charge >= 0.3 is 6.03 Å². The normalized spacial score (nSPS) is 20.0. The summed E-state index contributed by atoms with van der Waals surface area (Å²) >= 11 is 0. The number of urea groups is 1. The molecule has 3 heterocycles. The van der Waals surface area contributed by atoms with Crippen LogP contribution in [0.1, 0.15) is 55.0 Å². The lowest BCUT2D eigenvalue weighted by Crippen LogP contribution is -2.34. The SMILES string of the molecule is COCc1ccc(C2CCCN2C(=O)Nc2cnc(C3CC3)nc2)o1. The van der Waals surface area contributed by atoms with Crippen LogP contribution in [0, 0.1) is 0 Å². The molecular weight excluding hydrogens is 320 g/mol. The Morgan fingerprint density at radius 3 is 2.84 bits per heavy atom. The lowest BCUT2D eigenvalue weighted by Gasteiger charge is -2.23. The number of amides is 2. The van der Waals surface area contributed by atoms with Gasteiger partial charge in [-0.2, -0.15) is 0 Å². The molecular formula is C18H22N4O3. The highest BCUT2D eigenvalue weighted by Gasteiger charge is 2.32. The molecule has 2 aromatic rings. The molecule has 0 aromatic carbocycles. The molecule has 1 N–H and O–H groups in total. The minimum absolute atomic E-state index is 0.0442. The third-order valence-electron chi connectivity index (χ3n) is 4.68. The average Bonchev–Trinajstić information content (AvgIpc) is 3.16. The molecule has 1 saturated carbocycles. The van der Waals surface area contributed by atoms with Crippen molar-refractivity contribution in [2.45, 2.75) is 44.2 Å². The van der Waals surface area contributed by atoms with Crippen LogP contribution in [0.25, 0.3) is 0 Å². The van der Waals surface area contributed by atoms with Crippen molar-refractivity contribution in [3.05, 3.63) is 41.9 Å². The van der Waals surface area contributed by atoms with E-state index in [-0.39, 0.29) is 12.1 Å². The zero-order chi connectivity index (χ0) is 17.2. The number of anilines is 1. The summed E-state index contributed by atoms with van der Waals surface area (Å²) in [6.07, 6.45) is 7.55. The summed E-state index contributed by atoms with van der Waals surface area (Å²) in [4.78, 5) is 23.2. The summed E-state index contributed by atoms with van der Waals surface area (Å²) < 4.78 is 10.9. The molecule has 0 bridgehead atoms. The van der Waals surface area contributed by atoms with Crippen molar-refractivity contribution in [1.29, 1.82) is 0 Å². The second-order valence-electron chi connectivity index (χ2n) is 6.62. The number of carbonyl (C=O) groups is 1. The van der Waals surface area contributed by atoms with Gasteiger partial charge in [-0.1, -0.05) is 0 Å². The quantitative estimate of drug-likeness (QED) is 0.900. The number of furan rings is 1. The monoisotopic (exact) mass is 342 g/mol. The van der Waals surface area contributed by atoms with Crippen LogP contribution in [0.3, 0.4) is 0 Å². The van der Waals surface area contributed by atoms with E-state index in [0.717, 1.165) is 43.0 Å². The third kappa shape index (κ3) is 3.51. The van der Waals surface area contributed by atoms with E-state index in [0.29, 0.717) is 24.8 Å². The van der Waals surface area contributed by atoms with Crippen molar-refractivity contribution in [3.63, 3.8) is 0 Å². The third-order valence-corrected chi connectivity index (χ3v) is 4.68. The molecule has 2 aliphatic rings. The number of aromatic nitrogens is 2. The maximum atomic E-state index is 12.7. The molecule has 132 valence electrons. The molecule has 0 spiro atoms. The highest BCUT2D eigenvalue weighted by atomic mass is 16.5. The topological polar surface area (TPSA) is 80.5 Å². The molecule has 1 aliphatic heterocycles. The number of rotatable bonds is 5. The number of hydrogen-bond acceptors (Lipinski definition) is 5. The highest BCUT2D eigenvalue weighted by Crippen LogP contribution is 2.38. The van der Waals surface area contributed by atoms with E-state index in [2.05, 4.69) is 15.3 Å². The summed E-state index contributed by atoms with van der Waals surface area (Å²) in [5.74, 6) is 2.96. The predicted molar refractivity (Wildman–Crippen MR) is 91.1 cm³/mol. The molecule has 2 aromatic heterocycles. The Labute approximate surface area is 146 Å². The summed E-state index contributed by atoms with van der Waals surface area (Å²) in [7, 11) is 1.63. The Balaban J connectivity index is 1.42. The fourth-order valence-electron chi connectivity index (χ4n) is 3.25. The number of hydrogen-bond donors (Lipinski definition) is 1. The fraction of sp³-hybridized carbons (Fsp3) is 0.500. The van der Waals surface area contributed by atoms with Crippen LogP contribution in [0.5, 0.6) is 0 Å². The lowest BCUT2D eigenvalue weighted by molar-refractivity contribution is 0.157. The highest BCUT2D eigenvalue weighted by molar-refractivity contribution is 5.89. The molecule has 2 amide bonds. The van der Waals surface area contributed by atoms with Crippen molar-refractivity contribution in [2.75, 3.05) is 19.0 Å². The summed E-state index contributed by atoms with van der Waals surface area (Å²) in [6, 6.07) is 3.64. The first kappa shape index (κ1) is 16.1. The Kier molecular flexibility index (Phi) is 4.40. The maximum Gasteiger partial charge on any atom is 0.322 e. The summed E-state index contributed by atoms with van der Waals surface area (Å²) in [6.45, 7) is 1.14. The number of methoxy groups -OCH3 is 1. The number of nitrogens with one attached hydrogen (secondary N) is 1. The number of likely N-dealkylation sites (tertiary alicyclic amines) is 1. The van der Waals surface area contributed by atoms with Gasteiger partial charge in [-0.05, 0) is 37.8 Å². The van der Waals surface area contributed by atoms with Gasteiger partial charge in [-0.15, -0.1) is 0 Å². The van der Waals surface area contributed by atoms with Crippen molar-refractivity contribution >= 4 is 11.7 Å². The minimum atomic E-state index is -0.144. The Morgan fingerprint density at radius 1 is 1.32 bits per heavy atom. The van der Waals surface area contributed by atoms with E-state index in [1.165, 1.54) is 0 Å². The van der Waals surface area contributed by atoms with Gasteiger partial charge in [0, 0.05) is 19.6 Å². The van der Waals surface area contributed by atoms with Crippen molar-refractivity contribution in [1.82, 2.24) is 14.9 Å². The van der Waals surface area contributed by atoms with Gasteiger partial charge in [0.15, 0.2) is 0 Å². The largest absolute Gasteiger partial charge is 0.461 e. The van der Waals surface area contributed by atoms with E-state index >= 15 is 0 Å². The van der Waals surface area contributed by atoms with Crippen molar-refractivity contribution in [2.24, 2.45) is 0 Å². The van der Waals surface area contributed by atoms with Gasteiger partial charge in [-0.25, -0.2) is 14.8 Å². The van der Waals surface area contributed by atoms with E-state index in [9.17, 15) is 4.79 Å². The number of ether oxygens (including phenoxy) is 1. The van der Waals surface area contributed by atoms with Crippen molar-refractivity contribution in [3.8, 4) is 0 Å². The van der Waals surface area contributed by atoms with Crippen LogP contribution in [0.4, 0.5) is 10.5 Å². The first-order valence-corrected chi connectivity index (χ1v) is 8.71. The molecule has 0 radical (unpaired) electrons. The number of nitrogens with zero attached hydrogens (tertiary/aromatic N) is 3. The van der Waals surface area contributed by atoms with Gasteiger partial charge in [0.1, 0.15) is 24.0 Å². The number of carbonyl (C=O) groups excluding carboxylic acids is 1. The van der Waals surface area contributed by atoms with Crippen LogP contribution < -0.4 is 5.32 Å². The molecule has 1 saturated heterocycles. The first-order chi connectivity index (χ1) is 12.2. The average molecular weight is 342 g/mol. The van der Waals surface area contributed by atoms with Crippen molar-refractivity contribution < 1.29 is 13.9 Å². The van der Waals surface area contributed by atoms with Gasteiger partial charge in [-0.3, -0.25) is 0 Å². The van der Waals surface area contributed by atoms with Gasteiger partial charge in [0.25, 0.3) is 0 Å². The Morgan fingerprint density at radius 2 is 2.12 bits per heavy atom. The molecule has 1 atom stereocenters. The standard InChI is InChI=1S/C18H22N4O3/c1-24-11-14-6-7-16(25-14)15-3-2-8-22(15)18(23)21-13-9-19-17(20-10-13)12-4-5-12/h6-7,9-10,12,15H,2-5,8,11H2,1H3,(H,21,23). The first-order valence-electron chi connectivity index (χ1n) is 8.71. The van der Waals surface area contributed by atoms with E-state index in [1.807, 2.05) is 17.0 Å². The lowest BCUT2D eigenvalue weighted by atomic mass is 10.2. The smallest absolute Gasteiger partial charge is 0.322 e. The molecule has 25 heavy (non-hydrogen) atoms. The van der Waals surface area contributed by atoms with Crippen LogP contribution in [-0.2, 0) is 11.3 Å². The predicted octanol–water partition coefficient (Wildman–Crippen LogP) is 3.46. The second kappa shape index (κ2) is 6.84. The van der Waals surface area contributed by atoms with Gasteiger partial charge < -0.3 is 19.4 Å². The van der Waals surface area contributed by atoms with Gasteiger partial charge in [0.2, 0.25) is 0 Å². The van der Waals surface area contributed by atoms with Crippen LogP contribution in [0.15, 0.2) is 28.9 Å². The van der Waals surface area contributed by atoms with E-state index in [4.69, 9.17) is 9.15 Å². The Bertz CT molecular complexity index is 739. The molecule has 7 nitrogen and oxygen atoms in total. The van der Waals surface area contributed by atoms with E-state index < -0.39 is 0 Å². The maximum absolute atomic E-state index is 12.7. The minimum Gasteiger partial charge on any atom is -0.461 e. The summed E-state index contributed by atoms with van der Waals surface area (Å²) in [5, 5.41) is 2.90. The fourth-order valence-corrected chi connectivity index (χ4v) is 3.25. The van der Waals surface area contributed by atoms with E-state index in [1.54, 1.807) is 19.5 Å².